The summed E-state index contributed by atoms with van der Waals surface area (Å²) in [5.74, 6) is 0.430. The van der Waals surface area contributed by atoms with Crippen LogP contribution >= 0.6 is 0 Å². The van der Waals surface area contributed by atoms with Crippen LogP contribution in [0.2, 0.25) is 0 Å². The first kappa shape index (κ1) is 17.0. The van der Waals surface area contributed by atoms with Gasteiger partial charge in [0, 0.05) is 32.3 Å². The number of aliphatic hydroxyl groups is 1. The summed E-state index contributed by atoms with van der Waals surface area (Å²) < 4.78 is 6.98. The van der Waals surface area contributed by atoms with E-state index in [-0.39, 0.29) is 12.5 Å². The number of aromatic nitrogens is 2. The number of carbonyl (C=O) groups is 1. The van der Waals surface area contributed by atoms with Crippen LogP contribution in [-0.4, -0.2) is 40.6 Å². The molecule has 0 saturated heterocycles. The maximum Gasteiger partial charge on any atom is 0.220 e. The van der Waals surface area contributed by atoms with Crippen LogP contribution in [0.4, 0.5) is 0 Å². The third-order valence-electron chi connectivity index (χ3n) is 4.56. The quantitative estimate of drug-likeness (QED) is 0.831. The first-order valence-electron chi connectivity index (χ1n) is 7.91. The Morgan fingerprint density at radius 2 is 2.18 bits per heavy atom. The molecule has 0 aliphatic heterocycles. The number of rotatable bonds is 6. The number of ether oxygens (including phenoxy) is 1. The lowest BCUT2D eigenvalue weighted by molar-refractivity contribution is -0.123. The monoisotopic (exact) mass is 309 g/mol. The first-order chi connectivity index (χ1) is 10.4. The largest absolute Gasteiger partial charge is 0.383 e. The van der Waals surface area contributed by atoms with E-state index in [2.05, 4.69) is 10.4 Å². The van der Waals surface area contributed by atoms with Crippen molar-refractivity contribution in [3.05, 3.63) is 18.0 Å². The average molecular weight is 309 g/mol. The Morgan fingerprint density at radius 3 is 2.73 bits per heavy atom. The molecule has 0 spiro atoms. The molecular formula is C16H27N3O3. The SMILES string of the molecule is COC1CCC(CC(=O)NCC(C)(O)c2cnn(C)c2)CC1. The van der Waals surface area contributed by atoms with Crippen molar-refractivity contribution in [2.75, 3.05) is 13.7 Å². The molecule has 124 valence electrons. The van der Waals surface area contributed by atoms with Crippen molar-refractivity contribution in [2.45, 2.75) is 50.7 Å². The topological polar surface area (TPSA) is 76.4 Å². The number of nitrogens with zero attached hydrogens (tertiary/aromatic N) is 2. The predicted octanol–water partition coefficient (Wildman–Crippen LogP) is 1.34. The zero-order chi connectivity index (χ0) is 16.2. The van der Waals surface area contributed by atoms with E-state index in [9.17, 15) is 9.90 Å². The Kier molecular flexibility index (Phi) is 5.58. The summed E-state index contributed by atoms with van der Waals surface area (Å²) in [5.41, 5.74) is -0.395. The van der Waals surface area contributed by atoms with Gasteiger partial charge in [0.25, 0.3) is 0 Å². The van der Waals surface area contributed by atoms with Crippen LogP contribution in [0.1, 0.15) is 44.6 Å². The average Bonchev–Trinajstić information content (AvgIpc) is 2.94. The second-order valence-electron chi connectivity index (χ2n) is 6.54. The van der Waals surface area contributed by atoms with E-state index in [1.807, 2.05) is 0 Å². The molecule has 6 heteroatoms. The van der Waals surface area contributed by atoms with E-state index in [1.165, 1.54) is 0 Å². The second-order valence-corrected chi connectivity index (χ2v) is 6.54. The fourth-order valence-corrected chi connectivity index (χ4v) is 2.98. The van der Waals surface area contributed by atoms with Crippen molar-refractivity contribution in [3.8, 4) is 0 Å². The van der Waals surface area contributed by atoms with Crippen molar-refractivity contribution in [2.24, 2.45) is 13.0 Å². The van der Waals surface area contributed by atoms with Gasteiger partial charge in [0.05, 0.1) is 18.8 Å². The molecule has 1 fully saturated rings. The van der Waals surface area contributed by atoms with Crippen LogP contribution < -0.4 is 5.32 Å². The molecule has 1 amide bonds. The van der Waals surface area contributed by atoms with Gasteiger partial charge in [0.2, 0.25) is 5.91 Å². The van der Waals surface area contributed by atoms with Gasteiger partial charge in [0.15, 0.2) is 0 Å². The lowest BCUT2D eigenvalue weighted by Gasteiger charge is -2.28. The molecule has 0 bridgehead atoms. The molecule has 1 atom stereocenters. The number of aryl methyl sites for hydroxylation is 1. The first-order valence-corrected chi connectivity index (χ1v) is 7.91. The highest BCUT2D eigenvalue weighted by atomic mass is 16.5. The van der Waals surface area contributed by atoms with E-state index in [1.54, 1.807) is 38.2 Å². The molecule has 2 N–H and O–H groups in total. The second kappa shape index (κ2) is 7.24. The number of carbonyl (C=O) groups excluding carboxylic acids is 1. The maximum absolute atomic E-state index is 12.1. The zero-order valence-corrected chi connectivity index (χ0v) is 13.7. The minimum Gasteiger partial charge on any atom is -0.383 e. The van der Waals surface area contributed by atoms with Gasteiger partial charge < -0.3 is 15.2 Å². The van der Waals surface area contributed by atoms with Gasteiger partial charge >= 0.3 is 0 Å². The van der Waals surface area contributed by atoms with E-state index in [0.29, 0.717) is 24.0 Å². The maximum atomic E-state index is 12.1. The van der Waals surface area contributed by atoms with Crippen molar-refractivity contribution >= 4 is 5.91 Å². The van der Waals surface area contributed by atoms with Gasteiger partial charge in [-0.25, -0.2) is 0 Å². The summed E-state index contributed by atoms with van der Waals surface area (Å²) in [6, 6.07) is 0. The van der Waals surface area contributed by atoms with Gasteiger partial charge in [-0.2, -0.15) is 5.10 Å². The summed E-state index contributed by atoms with van der Waals surface area (Å²) >= 11 is 0. The van der Waals surface area contributed by atoms with Crippen LogP contribution in [0.25, 0.3) is 0 Å². The Hall–Kier alpha value is -1.40. The number of hydrogen-bond acceptors (Lipinski definition) is 4. The third-order valence-corrected chi connectivity index (χ3v) is 4.56. The van der Waals surface area contributed by atoms with Gasteiger partial charge in [-0.15, -0.1) is 0 Å². The molecule has 2 rings (SSSR count). The zero-order valence-electron chi connectivity index (χ0n) is 13.7. The molecular weight excluding hydrogens is 282 g/mol. The summed E-state index contributed by atoms with van der Waals surface area (Å²) in [6.07, 6.45) is 8.39. The summed E-state index contributed by atoms with van der Waals surface area (Å²) in [4.78, 5) is 12.1. The molecule has 1 aromatic heterocycles. The molecule has 0 radical (unpaired) electrons. The molecule has 1 unspecified atom stereocenters. The van der Waals surface area contributed by atoms with Gasteiger partial charge in [-0.3, -0.25) is 9.48 Å². The van der Waals surface area contributed by atoms with Gasteiger partial charge in [-0.1, -0.05) is 0 Å². The standard InChI is InChI=1S/C16H27N3O3/c1-16(21,13-9-18-19(2)10-13)11-17-15(20)8-12-4-6-14(22-3)7-5-12/h9-10,12,14,21H,4-8,11H2,1-3H3,(H,17,20). The lowest BCUT2D eigenvalue weighted by Crippen LogP contribution is -2.39. The molecule has 6 nitrogen and oxygen atoms in total. The van der Waals surface area contributed by atoms with Gasteiger partial charge in [0.1, 0.15) is 5.60 Å². The number of amides is 1. The lowest BCUT2D eigenvalue weighted by atomic mass is 9.85. The number of hydrogen-bond donors (Lipinski definition) is 2. The molecule has 1 aliphatic rings. The minimum atomic E-state index is -1.10. The summed E-state index contributed by atoms with van der Waals surface area (Å²) in [5, 5.41) is 17.3. The minimum absolute atomic E-state index is 0.00466. The van der Waals surface area contributed by atoms with Crippen molar-refractivity contribution in [1.29, 1.82) is 0 Å². The van der Waals surface area contributed by atoms with Gasteiger partial charge in [-0.05, 0) is 38.5 Å². The smallest absolute Gasteiger partial charge is 0.220 e. The summed E-state index contributed by atoms with van der Waals surface area (Å²) in [6.45, 7) is 1.89. The van der Waals surface area contributed by atoms with E-state index in [4.69, 9.17) is 4.74 Å². The normalized spacial score (nSPS) is 24.7. The van der Waals surface area contributed by atoms with Crippen LogP contribution in [0.5, 0.6) is 0 Å². The van der Waals surface area contributed by atoms with Crippen molar-refractivity contribution in [1.82, 2.24) is 15.1 Å². The highest BCUT2D eigenvalue weighted by Gasteiger charge is 2.27. The molecule has 22 heavy (non-hydrogen) atoms. The van der Waals surface area contributed by atoms with Crippen LogP contribution in [0.15, 0.2) is 12.4 Å². The van der Waals surface area contributed by atoms with Crippen molar-refractivity contribution in [3.63, 3.8) is 0 Å². The van der Waals surface area contributed by atoms with E-state index < -0.39 is 5.60 Å². The Labute approximate surface area is 131 Å². The molecule has 1 saturated carbocycles. The van der Waals surface area contributed by atoms with Crippen LogP contribution in [0, 0.1) is 5.92 Å². The number of nitrogens with one attached hydrogen (secondary N) is 1. The fraction of sp³-hybridized carbons (Fsp3) is 0.750. The molecule has 1 aromatic rings. The third kappa shape index (κ3) is 4.55. The molecule has 1 aliphatic carbocycles. The Morgan fingerprint density at radius 1 is 1.50 bits per heavy atom. The fourth-order valence-electron chi connectivity index (χ4n) is 2.98. The van der Waals surface area contributed by atoms with Crippen LogP contribution in [-0.2, 0) is 22.2 Å². The predicted molar refractivity (Wildman–Crippen MR) is 83.2 cm³/mol. The molecule has 0 aromatic carbocycles. The number of methoxy groups -OCH3 is 1. The highest BCUT2D eigenvalue weighted by molar-refractivity contribution is 5.76. The van der Waals surface area contributed by atoms with E-state index in [0.717, 1.165) is 25.7 Å². The van der Waals surface area contributed by atoms with Crippen LogP contribution in [0.3, 0.4) is 0 Å². The molecule has 1 heterocycles. The van der Waals surface area contributed by atoms with E-state index >= 15 is 0 Å². The highest BCUT2D eigenvalue weighted by Crippen LogP contribution is 2.28. The Balaban J connectivity index is 1.76. The van der Waals surface area contributed by atoms with Crippen molar-refractivity contribution < 1.29 is 14.6 Å². The summed E-state index contributed by atoms with van der Waals surface area (Å²) in [7, 11) is 3.55. The Bertz CT molecular complexity index is 491.